The summed E-state index contributed by atoms with van der Waals surface area (Å²) in [4.78, 5) is 9.31. The summed E-state index contributed by atoms with van der Waals surface area (Å²) in [5, 5.41) is 8.75. The minimum Gasteiger partial charge on any atom is -0.339 e. The van der Waals surface area contributed by atoms with Gasteiger partial charge in [-0.25, -0.2) is 4.68 Å². The van der Waals surface area contributed by atoms with Crippen molar-refractivity contribution in [2.24, 2.45) is 7.05 Å². The van der Waals surface area contributed by atoms with Crippen LogP contribution >= 0.6 is 15.9 Å². The van der Waals surface area contributed by atoms with Crippen LogP contribution in [-0.4, -0.2) is 24.3 Å². The van der Waals surface area contributed by atoms with E-state index in [1.54, 1.807) is 4.68 Å². The summed E-state index contributed by atoms with van der Waals surface area (Å²) in [5.41, 5.74) is 2.74. The van der Waals surface area contributed by atoms with E-state index in [4.69, 9.17) is 0 Å². The van der Waals surface area contributed by atoms with Gasteiger partial charge in [-0.2, -0.15) is 15.1 Å². The Bertz CT molecular complexity index is 1020. The van der Waals surface area contributed by atoms with Crippen LogP contribution in [0.2, 0.25) is 0 Å². The summed E-state index contributed by atoms with van der Waals surface area (Å²) in [5.74, 6) is 1.29. The number of hydrogen-bond donors (Lipinski definition) is 1. The van der Waals surface area contributed by atoms with Gasteiger partial charge in [0.15, 0.2) is 0 Å². The van der Waals surface area contributed by atoms with E-state index in [2.05, 4.69) is 36.3 Å². The van der Waals surface area contributed by atoms with Crippen molar-refractivity contribution in [2.45, 2.75) is 6.92 Å². The first-order chi connectivity index (χ1) is 11.6. The minimum atomic E-state index is 0.539. The Hall–Kier alpha value is -2.67. The topological polar surface area (TPSA) is 60.6 Å². The van der Waals surface area contributed by atoms with E-state index in [0.717, 1.165) is 32.7 Å². The fourth-order valence-electron chi connectivity index (χ4n) is 2.52. The van der Waals surface area contributed by atoms with Crippen LogP contribution in [0.4, 0.5) is 11.5 Å². The van der Waals surface area contributed by atoms with E-state index < -0.39 is 0 Å². The van der Waals surface area contributed by atoms with Crippen LogP contribution in [0.5, 0.6) is 0 Å². The molecule has 24 heavy (non-hydrogen) atoms. The SMILES string of the molecule is Cc1ccn(-c2nc(Nc3ccc(Br)cc3)c3ccn(C)c3n2)n1. The van der Waals surface area contributed by atoms with E-state index in [1.807, 2.05) is 67.3 Å². The average Bonchev–Trinajstić information content (AvgIpc) is 3.16. The van der Waals surface area contributed by atoms with Gasteiger partial charge in [-0.05, 0) is 43.3 Å². The highest BCUT2D eigenvalue weighted by atomic mass is 79.9. The van der Waals surface area contributed by atoms with Gasteiger partial charge in [-0.3, -0.25) is 0 Å². The molecule has 0 aliphatic carbocycles. The lowest BCUT2D eigenvalue weighted by Gasteiger charge is -2.10. The molecule has 1 aromatic carbocycles. The molecule has 7 heteroatoms. The number of nitrogens with zero attached hydrogens (tertiary/aromatic N) is 5. The Labute approximate surface area is 147 Å². The molecule has 0 fully saturated rings. The number of rotatable bonds is 3. The van der Waals surface area contributed by atoms with Gasteiger partial charge in [0.2, 0.25) is 0 Å². The van der Waals surface area contributed by atoms with Gasteiger partial charge in [0.1, 0.15) is 11.5 Å². The van der Waals surface area contributed by atoms with Crippen LogP contribution in [0.1, 0.15) is 5.69 Å². The number of hydrogen-bond acceptors (Lipinski definition) is 4. The third-order valence-corrected chi connectivity index (χ3v) is 4.28. The van der Waals surface area contributed by atoms with Gasteiger partial charge in [0.25, 0.3) is 5.95 Å². The highest BCUT2D eigenvalue weighted by Crippen LogP contribution is 2.26. The molecule has 0 spiro atoms. The van der Waals surface area contributed by atoms with Crippen LogP contribution in [-0.2, 0) is 7.05 Å². The largest absolute Gasteiger partial charge is 0.339 e. The highest BCUT2D eigenvalue weighted by Gasteiger charge is 2.12. The van der Waals surface area contributed by atoms with Crippen molar-refractivity contribution >= 4 is 38.5 Å². The molecule has 120 valence electrons. The number of benzene rings is 1. The predicted molar refractivity (Wildman–Crippen MR) is 97.8 cm³/mol. The Morgan fingerprint density at radius 3 is 2.50 bits per heavy atom. The monoisotopic (exact) mass is 382 g/mol. The molecular formula is C17H15BrN6. The van der Waals surface area contributed by atoms with Crippen molar-refractivity contribution in [3.63, 3.8) is 0 Å². The normalized spacial score (nSPS) is 11.1. The minimum absolute atomic E-state index is 0.539. The number of anilines is 2. The molecule has 0 atom stereocenters. The maximum Gasteiger partial charge on any atom is 0.254 e. The van der Waals surface area contributed by atoms with E-state index in [1.165, 1.54) is 0 Å². The smallest absolute Gasteiger partial charge is 0.254 e. The van der Waals surface area contributed by atoms with Crippen molar-refractivity contribution in [1.29, 1.82) is 0 Å². The van der Waals surface area contributed by atoms with Crippen molar-refractivity contribution in [3.05, 3.63) is 59.0 Å². The lowest BCUT2D eigenvalue weighted by atomic mass is 10.3. The summed E-state index contributed by atoms with van der Waals surface area (Å²) < 4.78 is 4.70. The average molecular weight is 383 g/mol. The standard InChI is InChI=1S/C17H15BrN6/c1-11-7-10-24(22-11)17-20-15(14-8-9-23(2)16(14)21-17)19-13-5-3-12(18)4-6-13/h3-10H,1-2H3,(H,19,20,21). The maximum atomic E-state index is 4.67. The fourth-order valence-corrected chi connectivity index (χ4v) is 2.78. The summed E-state index contributed by atoms with van der Waals surface area (Å²) in [6, 6.07) is 11.9. The van der Waals surface area contributed by atoms with Crippen LogP contribution in [0.25, 0.3) is 17.0 Å². The van der Waals surface area contributed by atoms with Crippen LogP contribution < -0.4 is 5.32 Å². The van der Waals surface area contributed by atoms with Gasteiger partial charge >= 0.3 is 0 Å². The summed E-state index contributed by atoms with van der Waals surface area (Å²) in [6.45, 7) is 1.94. The number of aromatic nitrogens is 5. The van der Waals surface area contributed by atoms with Crippen molar-refractivity contribution < 1.29 is 0 Å². The van der Waals surface area contributed by atoms with Gasteiger partial charge in [-0.15, -0.1) is 0 Å². The van der Waals surface area contributed by atoms with Crippen LogP contribution in [0.3, 0.4) is 0 Å². The Morgan fingerprint density at radius 1 is 1.00 bits per heavy atom. The number of aryl methyl sites for hydroxylation is 2. The molecule has 0 aliphatic rings. The van der Waals surface area contributed by atoms with Crippen molar-refractivity contribution in [1.82, 2.24) is 24.3 Å². The quantitative estimate of drug-likeness (QED) is 0.582. The second-order valence-electron chi connectivity index (χ2n) is 5.57. The van der Waals surface area contributed by atoms with E-state index >= 15 is 0 Å². The molecule has 0 amide bonds. The summed E-state index contributed by atoms with van der Waals surface area (Å²) in [6.07, 6.45) is 3.84. The molecule has 1 N–H and O–H groups in total. The zero-order valence-electron chi connectivity index (χ0n) is 13.2. The van der Waals surface area contributed by atoms with Gasteiger partial charge < -0.3 is 9.88 Å². The molecule has 0 unspecified atom stereocenters. The van der Waals surface area contributed by atoms with Crippen molar-refractivity contribution in [2.75, 3.05) is 5.32 Å². The van der Waals surface area contributed by atoms with Gasteiger partial charge in [0.05, 0.1) is 11.1 Å². The number of nitrogens with one attached hydrogen (secondary N) is 1. The molecular weight excluding hydrogens is 368 g/mol. The maximum absolute atomic E-state index is 4.67. The summed E-state index contributed by atoms with van der Waals surface area (Å²) >= 11 is 3.45. The van der Waals surface area contributed by atoms with E-state index in [0.29, 0.717) is 5.95 Å². The number of halogens is 1. The first-order valence-corrected chi connectivity index (χ1v) is 8.28. The lowest BCUT2D eigenvalue weighted by Crippen LogP contribution is -2.06. The van der Waals surface area contributed by atoms with Gasteiger partial charge in [-0.1, -0.05) is 15.9 Å². The van der Waals surface area contributed by atoms with E-state index in [9.17, 15) is 0 Å². The van der Waals surface area contributed by atoms with Crippen molar-refractivity contribution in [3.8, 4) is 5.95 Å². The Morgan fingerprint density at radius 2 is 1.79 bits per heavy atom. The zero-order valence-corrected chi connectivity index (χ0v) is 14.8. The highest BCUT2D eigenvalue weighted by molar-refractivity contribution is 9.10. The molecule has 3 heterocycles. The van der Waals surface area contributed by atoms with E-state index in [-0.39, 0.29) is 0 Å². The first-order valence-electron chi connectivity index (χ1n) is 7.48. The Balaban J connectivity index is 1.85. The first kappa shape index (κ1) is 14.9. The van der Waals surface area contributed by atoms with Crippen LogP contribution in [0.15, 0.2) is 53.3 Å². The summed E-state index contributed by atoms with van der Waals surface area (Å²) in [7, 11) is 1.97. The lowest BCUT2D eigenvalue weighted by molar-refractivity contribution is 0.798. The third kappa shape index (κ3) is 2.67. The Kier molecular flexibility index (Phi) is 3.57. The predicted octanol–water partition coefficient (Wildman–Crippen LogP) is 3.97. The van der Waals surface area contributed by atoms with Gasteiger partial charge in [0, 0.05) is 29.6 Å². The molecule has 0 bridgehead atoms. The zero-order chi connectivity index (χ0) is 16.7. The fraction of sp³-hybridized carbons (Fsp3) is 0.118. The molecule has 3 aromatic heterocycles. The molecule has 4 aromatic rings. The van der Waals surface area contributed by atoms with Crippen LogP contribution in [0, 0.1) is 6.92 Å². The molecule has 0 saturated carbocycles. The molecule has 6 nitrogen and oxygen atoms in total. The molecule has 0 saturated heterocycles. The molecule has 0 aliphatic heterocycles. The third-order valence-electron chi connectivity index (χ3n) is 3.75. The second-order valence-corrected chi connectivity index (χ2v) is 6.49. The second kappa shape index (κ2) is 5.76. The number of fused-ring (bicyclic) bond motifs is 1. The molecule has 4 rings (SSSR count). The molecule has 0 radical (unpaired) electrons.